The zero-order valence-electron chi connectivity index (χ0n) is 10.5. The first kappa shape index (κ1) is 13.9. The van der Waals surface area contributed by atoms with E-state index in [-0.39, 0.29) is 31.4 Å². The third kappa shape index (κ3) is 2.90. The highest BCUT2D eigenvalue weighted by Gasteiger charge is 2.31. The molecule has 0 spiro atoms. The van der Waals surface area contributed by atoms with Gasteiger partial charge in [0.25, 0.3) is 5.91 Å². The van der Waals surface area contributed by atoms with Crippen LogP contribution in [0.2, 0.25) is 0 Å². The molecule has 0 aliphatic carbocycles. The average Bonchev–Trinajstić information content (AvgIpc) is 2.38. The van der Waals surface area contributed by atoms with Crippen molar-refractivity contribution in [1.82, 2.24) is 4.90 Å². The molecule has 2 atom stereocenters. The Hall–Kier alpha value is -1.53. The maximum atomic E-state index is 13.6. The molecule has 0 bridgehead atoms. The minimum Gasteiger partial charge on any atom is -0.394 e. The molecule has 0 aromatic heterocycles. The average molecular weight is 271 g/mol. The van der Waals surface area contributed by atoms with Gasteiger partial charge in [-0.15, -0.1) is 0 Å². The molecule has 1 N–H and O–H groups in total. The second kappa shape index (κ2) is 5.63. The van der Waals surface area contributed by atoms with Crippen LogP contribution in [-0.2, 0) is 4.74 Å². The summed E-state index contributed by atoms with van der Waals surface area (Å²) >= 11 is 0. The molecule has 1 heterocycles. The van der Waals surface area contributed by atoms with Crippen LogP contribution in [0.1, 0.15) is 17.3 Å². The van der Waals surface area contributed by atoms with Crippen molar-refractivity contribution in [3.05, 3.63) is 35.4 Å². The van der Waals surface area contributed by atoms with E-state index in [9.17, 15) is 13.6 Å². The highest BCUT2D eigenvalue weighted by atomic mass is 19.1. The smallest absolute Gasteiger partial charge is 0.257 e. The SMILES string of the molecule is CC1COC(CO)CN1C(=O)c1ccc(F)cc1F. The zero-order chi connectivity index (χ0) is 14.0. The number of rotatable bonds is 2. The molecule has 19 heavy (non-hydrogen) atoms. The van der Waals surface area contributed by atoms with Crippen molar-refractivity contribution in [1.29, 1.82) is 0 Å². The standard InChI is InChI=1S/C13H15F2NO3/c1-8-7-19-10(6-17)5-16(8)13(18)11-3-2-9(14)4-12(11)15/h2-4,8,10,17H,5-7H2,1H3. The zero-order valence-corrected chi connectivity index (χ0v) is 10.5. The van der Waals surface area contributed by atoms with Gasteiger partial charge in [-0.05, 0) is 19.1 Å². The van der Waals surface area contributed by atoms with Gasteiger partial charge in [0.05, 0.1) is 30.9 Å². The third-order valence-corrected chi connectivity index (χ3v) is 3.13. The number of aliphatic hydroxyl groups is 1. The van der Waals surface area contributed by atoms with E-state index in [1.807, 2.05) is 0 Å². The number of carbonyl (C=O) groups excluding carboxylic acids is 1. The van der Waals surface area contributed by atoms with Gasteiger partial charge in [-0.1, -0.05) is 0 Å². The number of carbonyl (C=O) groups is 1. The molecular weight excluding hydrogens is 256 g/mol. The Morgan fingerprint density at radius 2 is 2.26 bits per heavy atom. The molecule has 1 amide bonds. The summed E-state index contributed by atoms with van der Waals surface area (Å²) in [5.41, 5.74) is -0.174. The number of hydrogen-bond acceptors (Lipinski definition) is 3. The first-order chi connectivity index (χ1) is 9.02. The molecule has 2 unspecified atom stereocenters. The molecule has 1 fully saturated rings. The number of hydrogen-bond donors (Lipinski definition) is 1. The van der Waals surface area contributed by atoms with Crippen molar-refractivity contribution in [2.24, 2.45) is 0 Å². The van der Waals surface area contributed by atoms with Crippen LogP contribution >= 0.6 is 0 Å². The second-order valence-electron chi connectivity index (χ2n) is 4.57. The fourth-order valence-electron chi connectivity index (χ4n) is 2.03. The van der Waals surface area contributed by atoms with Crippen molar-refractivity contribution in [2.75, 3.05) is 19.8 Å². The Bertz CT molecular complexity index is 481. The number of nitrogens with zero attached hydrogens (tertiary/aromatic N) is 1. The highest BCUT2D eigenvalue weighted by Crippen LogP contribution is 2.18. The van der Waals surface area contributed by atoms with E-state index >= 15 is 0 Å². The largest absolute Gasteiger partial charge is 0.394 e. The van der Waals surface area contributed by atoms with Crippen molar-refractivity contribution in [3.8, 4) is 0 Å². The second-order valence-corrected chi connectivity index (χ2v) is 4.57. The summed E-state index contributed by atoms with van der Waals surface area (Å²) in [5.74, 6) is -2.13. The molecule has 2 rings (SSSR count). The summed E-state index contributed by atoms with van der Waals surface area (Å²) in [7, 11) is 0. The van der Waals surface area contributed by atoms with Gasteiger partial charge in [0.15, 0.2) is 0 Å². The molecule has 6 heteroatoms. The molecular formula is C13H15F2NO3. The summed E-state index contributed by atoms with van der Waals surface area (Å²) < 4.78 is 31.7. The lowest BCUT2D eigenvalue weighted by Crippen LogP contribution is -2.52. The predicted molar refractivity (Wildman–Crippen MR) is 63.7 cm³/mol. The Kier molecular flexibility index (Phi) is 4.11. The van der Waals surface area contributed by atoms with Gasteiger partial charge in [0.1, 0.15) is 11.6 Å². The predicted octanol–water partition coefficient (Wildman–Crippen LogP) is 1.19. The fourth-order valence-corrected chi connectivity index (χ4v) is 2.03. The Labute approximate surface area is 109 Å². The summed E-state index contributed by atoms with van der Waals surface area (Å²) in [6, 6.07) is 2.63. The van der Waals surface area contributed by atoms with Gasteiger partial charge in [-0.3, -0.25) is 4.79 Å². The van der Waals surface area contributed by atoms with E-state index in [4.69, 9.17) is 9.84 Å². The number of morpholine rings is 1. The van der Waals surface area contributed by atoms with Gasteiger partial charge in [0.2, 0.25) is 0 Å². The number of benzene rings is 1. The molecule has 4 nitrogen and oxygen atoms in total. The van der Waals surface area contributed by atoms with Crippen LogP contribution in [0.5, 0.6) is 0 Å². The van der Waals surface area contributed by atoms with Crippen molar-refractivity contribution < 1.29 is 23.4 Å². The first-order valence-corrected chi connectivity index (χ1v) is 6.01. The van der Waals surface area contributed by atoms with E-state index in [0.29, 0.717) is 6.07 Å². The lowest BCUT2D eigenvalue weighted by atomic mass is 10.1. The maximum Gasteiger partial charge on any atom is 0.257 e. The summed E-state index contributed by atoms with van der Waals surface area (Å²) in [6.45, 7) is 2.03. The highest BCUT2D eigenvalue weighted by molar-refractivity contribution is 5.94. The fraction of sp³-hybridized carbons (Fsp3) is 0.462. The first-order valence-electron chi connectivity index (χ1n) is 6.01. The summed E-state index contributed by atoms with van der Waals surface area (Å²) in [5, 5.41) is 9.05. The van der Waals surface area contributed by atoms with Crippen LogP contribution in [0.4, 0.5) is 8.78 Å². The van der Waals surface area contributed by atoms with Gasteiger partial charge in [0, 0.05) is 12.6 Å². The molecule has 1 aromatic rings. The van der Waals surface area contributed by atoms with Crippen LogP contribution in [0.3, 0.4) is 0 Å². The quantitative estimate of drug-likeness (QED) is 0.879. The van der Waals surface area contributed by atoms with Crippen LogP contribution in [0.25, 0.3) is 0 Å². The lowest BCUT2D eigenvalue weighted by molar-refractivity contribution is -0.0668. The normalized spacial score (nSPS) is 23.5. The van der Waals surface area contributed by atoms with Gasteiger partial charge < -0.3 is 14.7 Å². The van der Waals surface area contributed by atoms with Crippen molar-refractivity contribution in [3.63, 3.8) is 0 Å². The third-order valence-electron chi connectivity index (χ3n) is 3.13. The summed E-state index contributed by atoms with van der Waals surface area (Å²) in [6.07, 6.45) is -0.469. The number of aliphatic hydroxyl groups excluding tert-OH is 1. The maximum absolute atomic E-state index is 13.6. The molecule has 0 saturated carbocycles. The monoisotopic (exact) mass is 271 g/mol. The Morgan fingerprint density at radius 3 is 2.89 bits per heavy atom. The van der Waals surface area contributed by atoms with Gasteiger partial charge in [-0.2, -0.15) is 0 Å². The van der Waals surface area contributed by atoms with Crippen LogP contribution < -0.4 is 0 Å². The van der Waals surface area contributed by atoms with E-state index in [1.165, 1.54) is 4.90 Å². The van der Waals surface area contributed by atoms with Crippen molar-refractivity contribution >= 4 is 5.91 Å². The van der Waals surface area contributed by atoms with Crippen LogP contribution in [0.15, 0.2) is 18.2 Å². The molecule has 1 aromatic carbocycles. The molecule has 1 aliphatic rings. The van der Waals surface area contributed by atoms with Gasteiger partial charge >= 0.3 is 0 Å². The Morgan fingerprint density at radius 1 is 1.53 bits per heavy atom. The minimum absolute atomic E-state index is 0.174. The molecule has 104 valence electrons. The molecule has 1 saturated heterocycles. The van der Waals surface area contributed by atoms with Gasteiger partial charge in [-0.25, -0.2) is 8.78 Å². The molecule has 1 aliphatic heterocycles. The van der Waals surface area contributed by atoms with E-state index in [2.05, 4.69) is 0 Å². The minimum atomic E-state index is -0.885. The summed E-state index contributed by atoms with van der Waals surface area (Å²) in [4.78, 5) is 13.7. The topological polar surface area (TPSA) is 49.8 Å². The van der Waals surface area contributed by atoms with E-state index < -0.39 is 23.6 Å². The van der Waals surface area contributed by atoms with Crippen LogP contribution in [0, 0.1) is 11.6 Å². The van der Waals surface area contributed by atoms with E-state index in [0.717, 1.165) is 12.1 Å². The van der Waals surface area contributed by atoms with Crippen LogP contribution in [-0.4, -0.2) is 47.8 Å². The number of ether oxygens (including phenoxy) is 1. The number of amides is 1. The lowest BCUT2D eigenvalue weighted by Gasteiger charge is -2.37. The number of halogens is 2. The molecule has 0 radical (unpaired) electrons. The van der Waals surface area contributed by atoms with E-state index in [1.54, 1.807) is 6.92 Å². The Balaban J connectivity index is 2.22. The van der Waals surface area contributed by atoms with Crippen molar-refractivity contribution in [2.45, 2.75) is 19.1 Å².